The molecule has 172 valence electrons. The van der Waals surface area contributed by atoms with Crippen LogP contribution in [0.3, 0.4) is 0 Å². The van der Waals surface area contributed by atoms with Crippen LogP contribution in [0.2, 0.25) is 0 Å². The Hall–Kier alpha value is -2.06. The van der Waals surface area contributed by atoms with Gasteiger partial charge in [0.25, 0.3) is 0 Å². The molecule has 2 fully saturated rings. The van der Waals surface area contributed by atoms with Crippen molar-refractivity contribution in [3.63, 3.8) is 0 Å². The fraction of sp³-hybridized carbons (Fsp3) is 0.462. The summed E-state index contributed by atoms with van der Waals surface area (Å²) in [6.45, 7) is 8.15. The predicted octanol–water partition coefficient (Wildman–Crippen LogP) is 3.97. The van der Waals surface area contributed by atoms with Crippen molar-refractivity contribution >= 4 is 0 Å². The molecule has 2 heterocycles. The molecule has 4 rings (SSSR count). The summed E-state index contributed by atoms with van der Waals surface area (Å²) in [5.74, 6) is -0.829. The molecule has 0 amide bonds. The standard InChI is InChI=1S/C26H32O6/c1-4-15-26(29-17-21-13-9-6-10-14-21)22-23(31-24(2,3)30-22)32-25(26,18-27)19-28-16-20-11-7-5-8-12-20/h4-14,22-23,27H,1,15-19H2,2-3H3/t22-,23-,25-,26-/m0/s1. The molecule has 0 saturated carbocycles. The molecule has 2 aliphatic rings. The van der Waals surface area contributed by atoms with Crippen molar-refractivity contribution in [2.24, 2.45) is 0 Å². The second-order valence-electron chi connectivity index (χ2n) is 8.83. The van der Waals surface area contributed by atoms with Gasteiger partial charge < -0.3 is 28.8 Å². The Kier molecular flexibility index (Phi) is 6.81. The zero-order valence-corrected chi connectivity index (χ0v) is 18.7. The van der Waals surface area contributed by atoms with Crippen molar-refractivity contribution in [3.8, 4) is 0 Å². The molecule has 2 saturated heterocycles. The molecule has 0 aromatic heterocycles. The number of fused-ring (bicyclic) bond motifs is 1. The summed E-state index contributed by atoms with van der Waals surface area (Å²) in [5.41, 5.74) is -0.188. The highest BCUT2D eigenvalue weighted by Crippen LogP contribution is 2.52. The van der Waals surface area contributed by atoms with Crippen LogP contribution in [0.15, 0.2) is 73.3 Å². The Morgan fingerprint density at radius 1 is 0.938 bits per heavy atom. The maximum absolute atomic E-state index is 10.6. The van der Waals surface area contributed by atoms with Crippen LogP contribution in [-0.4, -0.2) is 47.7 Å². The van der Waals surface area contributed by atoms with Crippen LogP contribution in [0, 0.1) is 0 Å². The van der Waals surface area contributed by atoms with Crippen molar-refractivity contribution in [2.45, 2.75) is 62.9 Å². The van der Waals surface area contributed by atoms with Crippen LogP contribution in [0.4, 0.5) is 0 Å². The van der Waals surface area contributed by atoms with Crippen LogP contribution < -0.4 is 0 Å². The van der Waals surface area contributed by atoms with E-state index in [1.807, 2.05) is 74.5 Å². The fourth-order valence-corrected chi connectivity index (χ4v) is 4.57. The van der Waals surface area contributed by atoms with E-state index in [1.54, 1.807) is 6.08 Å². The third-order valence-electron chi connectivity index (χ3n) is 6.12. The van der Waals surface area contributed by atoms with Crippen LogP contribution in [-0.2, 0) is 36.9 Å². The number of aliphatic hydroxyl groups is 1. The van der Waals surface area contributed by atoms with E-state index >= 15 is 0 Å². The largest absolute Gasteiger partial charge is 0.393 e. The lowest BCUT2D eigenvalue weighted by atomic mass is 9.78. The summed E-state index contributed by atoms with van der Waals surface area (Å²) in [6, 6.07) is 19.8. The summed E-state index contributed by atoms with van der Waals surface area (Å²) in [6.07, 6.45) is 0.933. The fourth-order valence-electron chi connectivity index (χ4n) is 4.57. The molecule has 2 aromatic carbocycles. The van der Waals surface area contributed by atoms with Gasteiger partial charge in [0.15, 0.2) is 12.1 Å². The molecule has 0 aliphatic carbocycles. The van der Waals surface area contributed by atoms with Gasteiger partial charge in [-0.05, 0) is 31.4 Å². The third-order valence-corrected chi connectivity index (χ3v) is 6.12. The molecule has 2 aliphatic heterocycles. The van der Waals surface area contributed by atoms with E-state index in [0.717, 1.165) is 11.1 Å². The van der Waals surface area contributed by atoms with Crippen molar-refractivity contribution in [2.75, 3.05) is 13.2 Å². The molecule has 0 spiro atoms. The summed E-state index contributed by atoms with van der Waals surface area (Å²) >= 11 is 0. The molecule has 32 heavy (non-hydrogen) atoms. The van der Waals surface area contributed by atoms with E-state index < -0.39 is 29.4 Å². The molecular weight excluding hydrogens is 408 g/mol. The average molecular weight is 441 g/mol. The zero-order valence-electron chi connectivity index (χ0n) is 18.7. The second kappa shape index (κ2) is 9.43. The maximum atomic E-state index is 10.6. The minimum absolute atomic E-state index is 0.112. The van der Waals surface area contributed by atoms with Gasteiger partial charge in [0.1, 0.15) is 17.3 Å². The molecule has 6 heteroatoms. The van der Waals surface area contributed by atoms with E-state index in [9.17, 15) is 5.11 Å². The number of hydrogen-bond acceptors (Lipinski definition) is 6. The number of rotatable bonds is 10. The van der Waals surface area contributed by atoms with E-state index in [0.29, 0.717) is 19.6 Å². The molecule has 0 radical (unpaired) electrons. The Balaban J connectivity index is 1.63. The van der Waals surface area contributed by atoms with Crippen LogP contribution >= 0.6 is 0 Å². The zero-order chi connectivity index (χ0) is 22.7. The highest BCUT2D eigenvalue weighted by Gasteiger charge is 2.71. The van der Waals surface area contributed by atoms with Crippen molar-refractivity contribution in [3.05, 3.63) is 84.4 Å². The first kappa shape index (κ1) is 23.1. The summed E-state index contributed by atoms with van der Waals surface area (Å²) in [7, 11) is 0. The minimum Gasteiger partial charge on any atom is -0.393 e. The Bertz CT molecular complexity index is 886. The highest BCUT2D eigenvalue weighted by atomic mass is 16.9. The number of aliphatic hydroxyl groups excluding tert-OH is 1. The lowest BCUT2D eigenvalue weighted by Gasteiger charge is -2.45. The number of hydrogen-bond donors (Lipinski definition) is 1. The van der Waals surface area contributed by atoms with Crippen LogP contribution in [0.5, 0.6) is 0 Å². The normalized spacial score (nSPS) is 30.8. The molecule has 4 atom stereocenters. The second-order valence-corrected chi connectivity index (χ2v) is 8.83. The first-order valence-electron chi connectivity index (χ1n) is 11.0. The van der Waals surface area contributed by atoms with Crippen LogP contribution in [0.25, 0.3) is 0 Å². The highest BCUT2D eigenvalue weighted by molar-refractivity contribution is 5.20. The first-order valence-corrected chi connectivity index (χ1v) is 11.0. The van der Waals surface area contributed by atoms with Gasteiger partial charge in [-0.15, -0.1) is 6.58 Å². The van der Waals surface area contributed by atoms with Gasteiger partial charge in [-0.3, -0.25) is 0 Å². The quantitative estimate of drug-likeness (QED) is 0.564. The van der Waals surface area contributed by atoms with Crippen molar-refractivity contribution in [1.82, 2.24) is 0 Å². The number of benzene rings is 2. The van der Waals surface area contributed by atoms with Crippen molar-refractivity contribution in [1.29, 1.82) is 0 Å². The predicted molar refractivity (Wildman–Crippen MR) is 120 cm³/mol. The SMILES string of the molecule is C=CC[C@]1(OCc2ccccc2)[C@H]2OC(C)(C)O[C@H]2O[C@@]1(CO)COCc1ccccc1. The Morgan fingerprint density at radius 2 is 1.56 bits per heavy atom. The first-order chi connectivity index (χ1) is 15.4. The Labute approximate surface area is 189 Å². The molecule has 2 aromatic rings. The van der Waals surface area contributed by atoms with E-state index in [4.69, 9.17) is 23.7 Å². The van der Waals surface area contributed by atoms with E-state index in [-0.39, 0.29) is 13.2 Å². The third kappa shape index (κ3) is 4.39. The topological polar surface area (TPSA) is 66.4 Å². The van der Waals surface area contributed by atoms with Gasteiger partial charge in [0, 0.05) is 0 Å². The van der Waals surface area contributed by atoms with Gasteiger partial charge in [-0.25, -0.2) is 0 Å². The summed E-state index contributed by atoms with van der Waals surface area (Å²) in [5, 5.41) is 10.6. The Morgan fingerprint density at radius 3 is 2.16 bits per heavy atom. The molecular formula is C26H32O6. The van der Waals surface area contributed by atoms with Crippen molar-refractivity contribution < 1.29 is 28.8 Å². The minimum atomic E-state index is -1.18. The molecule has 0 bridgehead atoms. The van der Waals surface area contributed by atoms with Crippen LogP contribution in [0.1, 0.15) is 31.4 Å². The maximum Gasteiger partial charge on any atom is 0.191 e. The van der Waals surface area contributed by atoms with Gasteiger partial charge in [-0.1, -0.05) is 66.7 Å². The van der Waals surface area contributed by atoms with Gasteiger partial charge in [0.05, 0.1) is 26.4 Å². The molecule has 1 N–H and O–H groups in total. The smallest absolute Gasteiger partial charge is 0.191 e. The average Bonchev–Trinajstić information content (AvgIpc) is 3.22. The summed E-state index contributed by atoms with van der Waals surface area (Å²) in [4.78, 5) is 0. The van der Waals surface area contributed by atoms with E-state index in [1.165, 1.54) is 0 Å². The van der Waals surface area contributed by atoms with Gasteiger partial charge in [-0.2, -0.15) is 0 Å². The van der Waals surface area contributed by atoms with Gasteiger partial charge >= 0.3 is 0 Å². The lowest BCUT2D eigenvalue weighted by Crippen LogP contribution is -2.63. The lowest BCUT2D eigenvalue weighted by molar-refractivity contribution is -0.287. The monoisotopic (exact) mass is 440 g/mol. The van der Waals surface area contributed by atoms with E-state index in [2.05, 4.69) is 6.58 Å². The molecule has 0 unspecified atom stereocenters. The number of ether oxygens (including phenoxy) is 5. The van der Waals surface area contributed by atoms with Gasteiger partial charge in [0.2, 0.25) is 0 Å². The molecule has 6 nitrogen and oxygen atoms in total. The summed E-state index contributed by atoms with van der Waals surface area (Å²) < 4.78 is 31.3.